The van der Waals surface area contributed by atoms with Crippen molar-refractivity contribution in [2.45, 2.75) is 18.9 Å². The Kier molecular flexibility index (Phi) is 4.29. The molecule has 0 radical (unpaired) electrons. The van der Waals surface area contributed by atoms with Gasteiger partial charge in [0.2, 0.25) is 0 Å². The summed E-state index contributed by atoms with van der Waals surface area (Å²) >= 11 is 0. The number of nitrogens with zero attached hydrogens (tertiary/aromatic N) is 4. The summed E-state index contributed by atoms with van der Waals surface area (Å²) in [5, 5.41) is 13.0. The molecule has 1 aromatic heterocycles. The summed E-state index contributed by atoms with van der Waals surface area (Å²) < 4.78 is 7.30. The lowest BCUT2D eigenvalue weighted by Gasteiger charge is -2.23. The number of carbonyl (C=O) groups is 1. The summed E-state index contributed by atoms with van der Waals surface area (Å²) in [5.41, 5.74) is 1.64. The van der Waals surface area contributed by atoms with Gasteiger partial charge in [-0.3, -0.25) is 9.48 Å². The van der Waals surface area contributed by atoms with E-state index in [1.165, 1.54) is 0 Å². The zero-order valence-electron chi connectivity index (χ0n) is 13.0. The molecule has 0 spiro atoms. The van der Waals surface area contributed by atoms with Crippen molar-refractivity contribution < 1.29 is 9.53 Å². The Morgan fingerprint density at radius 2 is 2.22 bits per heavy atom. The van der Waals surface area contributed by atoms with Gasteiger partial charge in [-0.1, -0.05) is 0 Å². The van der Waals surface area contributed by atoms with Crippen molar-refractivity contribution in [3.8, 4) is 11.8 Å². The molecule has 3 rings (SSSR count). The van der Waals surface area contributed by atoms with Crippen molar-refractivity contribution in [3.63, 3.8) is 0 Å². The fraction of sp³-hybridized carbons (Fsp3) is 0.353. The molecule has 1 aliphatic heterocycles. The highest BCUT2D eigenvalue weighted by molar-refractivity contribution is 5.78. The van der Waals surface area contributed by atoms with Gasteiger partial charge >= 0.3 is 0 Å². The molecule has 6 heteroatoms. The number of aryl methyl sites for hydroxylation is 1. The maximum Gasteiger partial charge on any atom is 0.261 e. The predicted molar refractivity (Wildman–Crippen MR) is 83.5 cm³/mol. The molecule has 0 N–H and O–H groups in total. The van der Waals surface area contributed by atoms with E-state index in [0.717, 1.165) is 24.9 Å². The normalized spacial score (nSPS) is 17.0. The molecule has 0 unspecified atom stereocenters. The Bertz CT molecular complexity index is 730. The molecule has 1 aliphatic rings. The quantitative estimate of drug-likeness (QED) is 0.866. The average molecular weight is 310 g/mol. The lowest BCUT2D eigenvalue weighted by molar-refractivity contribution is -0.134. The summed E-state index contributed by atoms with van der Waals surface area (Å²) in [4.78, 5) is 14.3. The third kappa shape index (κ3) is 3.34. The van der Waals surface area contributed by atoms with Crippen LogP contribution in [0.3, 0.4) is 0 Å². The zero-order chi connectivity index (χ0) is 16.2. The highest BCUT2D eigenvalue weighted by Crippen LogP contribution is 2.31. The van der Waals surface area contributed by atoms with Crippen LogP contribution in [0.2, 0.25) is 0 Å². The number of rotatable bonds is 4. The van der Waals surface area contributed by atoms with Gasteiger partial charge in [0, 0.05) is 25.4 Å². The van der Waals surface area contributed by atoms with Crippen LogP contribution in [0.1, 0.15) is 30.0 Å². The smallest absolute Gasteiger partial charge is 0.261 e. The van der Waals surface area contributed by atoms with E-state index in [4.69, 9.17) is 10.00 Å². The Balaban J connectivity index is 1.61. The van der Waals surface area contributed by atoms with E-state index in [9.17, 15) is 4.79 Å². The summed E-state index contributed by atoms with van der Waals surface area (Å²) in [6.07, 6.45) is 5.71. The minimum atomic E-state index is -0.0271. The molecular formula is C17H18N4O2. The zero-order valence-corrected chi connectivity index (χ0v) is 13.0. The number of ether oxygens (including phenoxy) is 1. The summed E-state index contributed by atoms with van der Waals surface area (Å²) in [6, 6.07) is 8.89. The first-order valence-corrected chi connectivity index (χ1v) is 7.58. The predicted octanol–water partition coefficient (Wildman–Crippen LogP) is 2.03. The van der Waals surface area contributed by atoms with Crippen molar-refractivity contribution in [2.24, 2.45) is 7.05 Å². The van der Waals surface area contributed by atoms with E-state index < -0.39 is 0 Å². The van der Waals surface area contributed by atoms with Crippen LogP contribution < -0.4 is 4.74 Å². The van der Waals surface area contributed by atoms with Gasteiger partial charge in [0.1, 0.15) is 5.75 Å². The number of hydrogen-bond donors (Lipinski definition) is 0. The molecular weight excluding hydrogens is 292 g/mol. The second-order valence-corrected chi connectivity index (χ2v) is 5.62. The second kappa shape index (κ2) is 6.53. The highest BCUT2D eigenvalue weighted by atomic mass is 16.5. The number of nitriles is 1. The van der Waals surface area contributed by atoms with Crippen molar-refractivity contribution in [1.29, 1.82) is 5.26 Å². The first-order valence-electron chi connectivity index (χ1n) is 7.58. The number of amides is 1. The molecule has 2 aromatic rings. The first-order chi connectivity index (χ1) is 11.2. The third-order valence-electron chi connectivity index (χ3n) is 4.03. The Morgan fingerprint density at radius 1 is 1.43 bits per heavy atom. The molecule has 6 nitrogen and oxygen atoms in total. The maximum absolute atomic E-state index is 12.5. The molecule has 1 saturated heterocycles. The largest absolute Gasteiger partial charge is 0.484 e. The first kappa shape index (κ1) is 15.1. The van der Waals surface area contributed by atoms with Crippen LogP contribution in [-0.2, 0) is 11.8 Å². The van der Waals surface area contributed by atoms with E-state index in [2.05, 4.69) is 11.2 Å². The van der Waals surface area contributed by atoms with E-state index in [1.807, 2.05) is 24.3 Å². The molecule has 0 saturated carbocycles. The monoisotopic (exact) mass is 310 g/mol. The Labute approximate surface area is 134 Å². The summed E-state index contributed by atoms with van der Waals surface area (Å²) in [6.45, 7) is 0.748. The number of likely N-dealkylation sites (tertiary alicyclic amines) is 1. The van der Waals surface area contributed by atoms with E-state index in [0.29, 0.717) is 11.3 Å². The molecule has 23 heavy (non-hydrogen) atoms. The van der Waals surface area contributed by atoms with Crippen molar-refractivity contribution >= 4 is 5.91 Å². The van der Waals surface area contributed by atoms with Gasteiger partial charge in [-0.15, -0.1) is 0 Å². The minimum Gasteiger partial charge on any atom is -0.484 e. The van der Waals surface area contributed by atoms with Gasteiger partial charge in [-0.2, -0.15) is 10.4 Å². The summed E-state index contributed by atoms with van der Waals surface area (Å²) in [7, 11) is 1.87. The minimum absolute atomic E-state index is 0.00264. The molecule has 0 bridgehead atoms. The van der Waals surface area contributed by atoms with Gasteiger partial charge in [0.05, 0.1) is 23.9 Å². The van der Waals surface area contributed by atoms with Gasteiger partial charge in [-0.05, 0) is 37.1 Å². The van der Waals surface area contributed by atoms with E-state index in [1.54, 1.807) is 28.9 Å². The lowest BCUT2D eigenvalue weighted by Crippen LogP contribution is -2.34. The van der Waals surface area contributed by atoms with Crippen LogP contribution in [0, 0.1) is 11.3 Å². The maximum atomic E-state index is 12.5. The van der Waals surface area contributed by atoms with Gasteiger partial charge < -0.3 is 9.64 Å². The SMILES string of the molecule is Cn1cc([C@@H]2CCCN2C(=O)COc2ccc(C#N)cc2)cn1. The van der Waals surface area contributed by atoms with Crippen LogP contribution in [0.4, 0.5) is 0 Å². The van der Waals surface area contributed by atoms with Crippen LogP contribution >= 0.6 is 0 Å². The van der Waals surface area contributed by atoms with Crippen molar-refractivity contribution in [1.82, 2.24) is 14.7 Å². The molecule has 2 heterocycles. The van der Waals surface area contributed by atoms with Crippen LogP contribution in [0.15, 0.2) is 36.7 Å². The van der Waals surface area contributed by atoms with Crippen LogP contribution in [0.5, 0.6) is 5.75 Å². The van der Waals surface area contributed by atoms with Crippen molar-refractivity contribution in [3.05, 3.63) is 47.8 Å². The number of benzene rings is 1. The molecule has 1 fully saturated rings. The van der Waals surface area contributed by atoms with E-state index >= 15 is 0 Å². The molecule has 118 valence electrons. The molecule has 1 amide bonds. The molecule has 1 atom stereocenters. The second-order valence-electron chi connectivity index (χ2n) is 5.62. The summed E-state index contributed by atoms with van der Waals surface area (Å²) in [5.74, 6) is 0.565. The lowest BCUT2D eigenvalue weighted by atomic mass is 10.1. The topological polar surface area (TPSA) is 71.2 Å². The fourth-order valence-corrected chi connectivity index (χ4v) is 2.88. The standard InChI is InChI=1S/C17H18N4O2/c1-20-11-14(10-19-20)16-3-2-8-21(16)17(22)12-23-15-6-4-13(9-18)5-7-15/h4-7,10-11,16H,2-3,8,12H2,1H3/t16-/m0/s1. The third-order valence-corrected chi connectivity index (χ3v) is 4.03. The molecule has 1 aromatic carbocycles. The molecule has 0 aliphatic carbocycles. The van der Waals surface area contributed by atoms with Crippen molar-refractivity contribution in [2.75, 3.05) is 13.2 Å². The van der Waals surface area contributed by atoms with Gasteiger partial charge in [0.15, 0.2) is 6.61 Å². The van der Waals surface area contributed by atoms with Gasteiger partial charge in [-0.25, -0.2) is 0 Å². The van der Waals surface area contributed by atoms with Crippen LogP contribution in [0.25, 0.3) is 0 Å². The van der Waals surface area contributed by atoms with E-state index in [-0.39, 0.29) is 18.6 Å². The number of hydrogen-bond acceptors (Lipinski definition) is 4. The Hall–Kier alpha value is -2.81. The highest BCUT2D eigenvalue weighted by Gasteiger charge is 2.30. The average Bonchev–Trinajstić information content (AvgIpc) is 3.21. The van der Waals surface area contributed by atoms with Crippen LogP contribution in [-0.4, -0.2) is 33.7 Å². The fourth-order valence-electron chi connectivity index (χ4n) is 2.88. The number of aromatic nitrogens is 2. The Morgan fingerprint density at radius 3 is 2.87 bits per heavy atom. The van der Waals surface area contributed by atoms with Gasteiger partial charge in [0.25, 0.3) is 5.91 Å². The number of carbonyl (C=O) groups excluding carboxylic acids is 1.